The zero-order chi connectivity index (χ0) is 24.9. The molecular formula is C28H24BrNO5. The number of rotatable bonds is 5. The lowest BCUT2D eigenvalue weighted by molar-refractivity contribution is 0.0971. The van der Waals surface area contributed by atoms with E-state index in [2.05, 4.69) is 15.9 Å². The Balaban J connectivity index is 1.79. The van der Waals surface area contributed by atoms with E-state index in [1.165, 1.54) is 0 Å². The topological polar surface area (TPSA) is 69.0 Å². The number of carbonyl (C=O) groups is 1. The highest BCUT2D eigenvalue weighted by Crippen LogP contribution is 2.43. The Labute approximate surface area is 211 Å². The highest BCUT2D eigenvalue weighted by Gasteiger charge is 2.44. The lowest BCUT2D eigenvalue weighted by Gasteiger charge is -2.26. The van der Waals surface area contributed by atoms with E-state index in [4.69, 9.17) is 13.9 Å². The van der Waals surface area contributed by atoms with Crippen LogP contribution in [0, 0.1) is 13.8 Å². The van der Waals surface area contributed by atoms with Crippen molar-refractivity contribution in [3.8, 4) is 11.5 Å². The van der Waals surface area contributed by atoms with Gasteiger partial charge in [0.15, 0.2) is 16.9 Å². The fraction of sp³-hybridized carbons (Fsp3) is 0.214. The molecule has 0 N–H and O–H groups in total. The van der Waals surface area contributed by atoms with Crippen molar-refractivity contribution >= 4 is 38.5 Å². The van der Waals surface area contributed by atoms with E-state index in [-0.39, 0.29) is 17.1 Å². The van der Waals surface area contributed by atoms with Crippen LogP contribution in [0.4, 0.5) is 5.69 Å². The summed E-state index contributed by atoms with van der Waals surface area (Å²) in [7, 11) is 1.56. The number of nitrogens with zero attached hydrogens (tertiary/aromatic N) is 1. The molecule has 0 saturated heterocycles. The number of hydrogen-bond acceptors (Lipinski definition) is 5. The second kappa shape index (κ2) is 8.89. The van der Waals surface area contributed by atoms with Crippen molar-refractivity contribution < 1.29 is 18.7 Å². The van der Waals surface area contributed by atoms with Gasteiger partial charge in [-0.05, 0) is 86.0 Å². The average molecular weight is 534 g/mol. The normalized spacial score (nSPS) is 14.9. The SMILES string of the molecule is CCOc1ccc(C2c3c(oc4cc(C)c(C)cc4c3=O)C(=O)N2c2ccc(Br)cc2)cc1OC. The van der Waals surface area contributed by atoms with Gasteiger partial charge in [0.05, 0.1) is 30.7 Å². The molecule has 7 heteroatoms. The van der Waals surface area contributed by atoms with Crippen molar-refractivity contribution in [2.75, 3.05) is 18.6 Å². The number of benzene rings is 3. The van der Waals surface area contributed by atoms with E-state index in [0.717, 1.165) is 21.2 Å². The minimum Gasteiger partial charge on any atom is -0.493 e. The molecule has 6 nitrogen and oxygen atoms in total. The molecule has 0 aliphatic carbocycles. The summed E-state index contributed by atoms with van der Waals surface area (Å²) in [5.74, 6) is 0.816. The van der Waals surface area contributed by atoms with E-state index in [1.807, 2.05) is 69.3 Å². The van der Waals surface area contributed by atoms with Crippen LogP contribution in [-0.2, 0) is 0 Å². The fourth-order valence-corrected chi connectivity index (χ4v) is 4.80. The van der Waals surface area contributed by atoms with Crippen LogP contribution in [0.3, 0.4) is 0 Å². The van der Waals surface area contributed by atoms with Gasteiger partial charge in [-0.15, -0.1) is 0 Å². The Morgan fingerprint density at radius 2 is 1.69 bits per heavy atom. The molecule has 5 rings (SSSR count). The van der Waals surface area contributed by atoms with Crippen LogP contribution in [0.15, 0.2) is 68.3 Å². The molecule has 3 aromatic carbocycles. The number of halogens is 1. The number of ether oxygens (including phenoxy) is 2. The zero-order valence-corrected chi connectivity index (χ0v) is 21.4. The maximum absolute atomic E-state index is 13.9. The average Bonchev–Trinajstić information content (AvgIpc) is 3.14. The van der Waals surface area contributed by atoms with Gasteiger partial charge in [-0.1, -0.05) is 22.0 Å². The maximum atomic E-state index is 13.9. The van der Waals surface area contributed by atoms with Gasteiger partial charge in [0.25, 0.3) is 5.91 Å². The van der Waals surface area contributed by atoms with Gasteiger partial charge < -0.3 is 13.9 Å². The largest absolute Gasteiger partial charge is 0.493 e. The van der Waals surface area contributed by atoms with Crippen molar-refractivity contribution in [3.63, 3.8) is 0 Å². The Hall–Kier alpha value is -3.58. The second-order valence-corrected chi connectivity index (χ2v) is 9.42. The number of amides is 1. The van der Waals surface area contributed by atoms with Crippen LogP contribution in [0.2, 0.25) is 0 Å². The summed E-state index contributed by atoms with van der Waals surface area (Å²) >= 11 is 3.45. The third kappa shape index (κ3) is 3.80. The third-order valence-electron chi connectivity index (χ3n) is 6.39. The lowest BCUT2D eigenvalue weighted by atomic mass is 9.97. The van der Waals surface area contributed by atoms with E-state index in [1.54, 1.807) is 18.1 Å². The van der Waals surface area contributed by atoms with Crippen LogP contribution in [0.25, 0.3) is 11.0 Å². The first-order chi connectivity index (χ1) is 16.8. The highest BCUT2D eigenvalue weighted by atomic mass is 79.9. The van der Waals surface area contributed by atoms with Crippen LogP contribution < -0.4 is 19.8 Å². The Morgan fingerprint density at radius 1 is 0.971 bits per heavy atom. The lowest BCUT2D eigenvalue weighted by Crippen LogP contribution is -2.29. The molecular weight excluding hydrogens is 510 g/mol. The van der Waals surface area contributed by atoms with Crippen molar-refractivity contribution in [2.24, 2.45) is 0 Å². The van der Waals surface area contributed by atoms with Gasteiger partial charge in [-0.3, -0.25) is 14.5 Å². The molecule has 4 aromatic rings. The van der Waals surface area contributed by atoms with E-state index in [9.17, 15) is 9.59 Å². The summed E-state index contributed by atoms with van der Waals surface area (Å²) in [5.41, 5.74) is 3.86. The summed E-state index contributed by atoms with van der Waals surface area (Å²) in [6.45, 7) is 6.29. The van der Waals surface area contributed by atoms with Crippen molar-refractivity contribution in [3.05, 3.63) is 97.3 Å². The first-order valence-electron chi connectivity index (χ1n) is 11.3. The monoisotopic (exact) mass is 533 g/mol. The molecule has 1 aromatic heterocycles. The molecule has 1 amide bonds. The standard InChI is InChI=1S/C28H24BrNO5/c1-5-34-21-11-6-17(14-23(21)33-4)25-24-26(31)20-12-15(2)16(3)13-22(20)35-27(24)28(32)30(25)19-9-7-18(29)8-10-19/h6-14,25H,5H2,1-4H3. The highest BCUT2D eigenvalue weighted by molar-refractivity contribution is 9.10. The van der Waals surface area contributed by atoms with Crippen LogP contribution in [0.5, 0.6) is 11.5 Å². The maximum Gasteiger partial charge on any atom is 0.295 e. The molecule has 0 bridgehead atoms. The Bertz CT molecular complexity index is 1520. The number of aryl methyl sites for hydroxylation is 2. The Kier molecular flexibility index (Phi) is 5.89. The van der Waals surface area contributed by atoms with Crippen LogP contribution in [0.1, 0.15) is 45.8 Å². The van der Waals surface area contributed by atoms with E-state index in [0.29, 0.717) is 40.3 Å². The molecule has 1 atom stereocenters. The van der Waals surface area contributed by atoms with Gasteiger partial charge in [-0.25, -0.2) is 0 Å². The van der Waals surface area contributed by atoms with Gasteiger partial charge in [-0.2, -0.15) is 0 Å². The first-order valence-corrected chi connectivity index (χ1v) is 12.1. The molecule has 35 heavy (non-hydrogen) atoms. The quantitative estimate of drug-likeness (QED) is 0.299. The van der Waals surface area contributed by atoms with Crippen LogP contribution >= 0.6 is 15.9 Å². The van der Waals surface area contributed by atoms with Crippen LogP contribution in [-0.4, -0.2) is 19.6 Å². The molecule has 0 radical (unpaired) electrons. The fourth-order valence-electron chi connectivity index (χ4n) is 4.54. The third-order valence-corrected chi connectivity index (χ3v) is 6.92. The molecule has 1 aliphatic heterocycles. The van der Waals surface area contributed by atoms with E-state index >= 15 is 0 Å². The van der Waals surface area contributed by atoms with Gasteiger partial charge >= 0.3 is 0 Å². The van der Waals surface area contributed by atoms with Crippen molar-refractivity contribution in [1.82, 2.24) is 0 Å². The molecule has 178 valence electrons. The molecule has 1 aliphatic rings. The number of fused-ring (bicyclic) bond motifs is 2. The Morgan fingerprint density at radius 3 is 2.37 bits per heavy atom. The summed E-state index contributed by atoms with van der Waals surface area (Å²) in [4.78, 5) is 29.2. The first kappa shape index (κ1) is 23.2. The molecule has 0 saturated carbocycles. The molecule has 2 heterocycles. The summed E-state index contributed by atoms with van der Waals surface area (Å²) in [6, 6.07) is 15.8. The minimum absolute atomic E-state index is 0.0616. The smallest absolute Gasteiger partial charge is 0.295 e. The zero-order valence-electron chi connectivity index (χ0n) is 19.8. The summed E-state index contributed by atoms with van der Waals surface area (Å²) in [6.07, 6.45) is 0. The summed E-state index contributed by atoms with van der Waals surface area (Å²) < 4.78 is 18.2. The van der Waals surface area contributed by atoms with Gasteiger partial charge in [0.1, 0.15) is 5.58 Å². The number of anilines is 1. The number of carbonyl (C=O) groups excluding carboxylic acids is 1. The predicted molar refractivity (Wildman–Crippen MR) is 139 cm³/mol. The predicted octanol–water partition coefficient (Wildman–Crippen LogP) is 6.33. The molecule has 1 unspecified atom stereocenters. The molecule has 0 fully saturated rings. The summed E-state index contributed by atoms with van der Waals surface area (Å²) in [5, 5.41) is 0.459. The second-order valence-electron chi connectivity index (χ2n) is 8.50. The van der Waals surface area contributed by atoms with Crippen molar-refractivity contribution in [1.29, 1.82) is 0 Å². The number of hydrogen-bond donors (Lipinski definition) is 0. The minimum atomic E-state index is -0.689. The van der Waals surface area contributed by atoms with E-state index < -0.39 is 6.04 Å². The van der Waals surface area contributed by atoms with Crippen molar-refractivity contribution in [2.45, 2.75) is 26.8 Å². The van der Waals surface area contributed by atoms with Gasteiger partial charge in [0.2, 0.25) is 5.76 Å². The number of methoxy groups -OCH3 is 1. The molecule has 0 spiro atoms. The van der Waals surface area contributed by atoms with Gasteiger partial charge in [0, 0.05) is 10.2 Å².